The molecular weight excluding hydrogens is 184 g/mol. The van der Waals surface area contributed by atoms with E-state index in [1.807, 2.05) is 0 Å². The van der Waals surface area contributed by atoms with Crippen molar-refractivity contribution in [3.8, 4) is 0 Å². The monoisotopic (exact) mass is 191 g/mol. The Balaban J connectivity index is 0. The first-order valence-electron chi connectivity index (χ1n) is 2.57. The van der Waals surface area contributed by atoms with Crippen LogP contribution in [-0.4, -0.2) is 11.9 Å². The molecule has 0 rings (SSSR count). The molecule has 4 heteroatoms. The minimum absolute atomic E-state index is 0. The predicted octanol–water partition coefficient (Wildman–Crippen LogP) is 0.650. The van der Waals surface area contributed by atoms with Gasteiger partial charge in [0.2, 0.25) is 0 Å². The summed E-state index contributed by atoms with van der Waals surface area (Å²) in [6, 6.07) is 0. The topological polar surface area (TPSA) is 43.4 Å². The van der Waals surface area contributed by atoms with Crippen LogP contribution in [0.15, 0.2) is 12.7 Å². The van der Waals surface area contributed by atoms with E-state index in [4.69, 9.17) is 0 Å². The van der Waals surface area contributed by atoms with Crippen molar-refractivity contribution in [3.05, 3.63) is 12.7 Å². The molecule has 0 aliphatic heterocycles. The van der Waals surface area contributed by atoms with E-state index in [0.29, 0.717) is 0 Å². The molecule has 0 saturated heterocycles. The Morgan fingerprint density at radius 1 is 1.60 bits per heavy atom. The molecule has 61 valence electrons. The smallest absolute Gasteiger partial charge is 0.337 e. The van der Waals surface area contributed by atoms with Crippen LogP contribution in [0.2, 0.25) is 0 Å². The van der Waals surface area contributed by atoms with Gasteiger partial charge in [0.1, 0.15) is 0 Å². The Labute approximate surface area is 69.9 Å². The van der Waals surface area contributed by atoms with E-state index in [1.54, 1.807) is 6.92 Å². The zero-order chi connectivity index (χ0) is 7.28. The summed E-state index contributed by atoms with van der Waals surface area (Å²) in [4.78, 5) is 20.5. The Kier molecular flexibility index (Phi) is 7.90. The van der Waals surface area contributed by atoms with Crippen LogP contribution >= 0.6 is 0 Å². The van der Waals surface area contributed by atoms with E-state index in [0.717, 1.165) is 6.08 Å². The van der Waals surface area contributed by atoms with Crippen molar-refractivity contribution in [3.63, 3.8) is 0 Å². The van der Waals surface area contributed by atoms with Crippen molar-refractivity contribution in [2.75, 3.05) is 0 Å². The van der Waals surface area contributed by atoms with Gasteiger partial charge in [0.05, 0.1) is 0 Å². The van der Waals surface area contributed by atoms with Gasteiger partial charge >= 0.3 is 11.9 Å². The maximum absolute atomic E-state index is 10.3. The molecule has 0 atom stereocenters. The van der Waals surface area contributed by atoms with E-state index < -0.39 is 11.9 Å². The molecule has 0 unspecified atom stereocenters. The molecule has 10 heavy (non-hydrogen) atoms. The second-order valence-corrected chi connectivity index (χ2v) is 1.35. The van der Waals surface area contributed by atoms with Crippen molar-refractivity contribution in [1.29, 1.82) is 0 Å². The van der Waals surface area contributed by atoms with Crippen LogP contribution in [0, 0.1) is 0 Å². The molecule has 0 spiro atoms. The molecule has 0 bridgehead atoms. The molecule has 0 heterocycles. The first-order chi connectivity index (χ1) is 4.20. The normalized spacial score (nSPS) is 7.30. The van der Waals surface area contributed by atoms with Gasteiger partial charge in [0, 0.05) is 29.6 Å². The van der Waals surface area contributed by atoms with Crippen LogP contribution in [-0.2, 0) is 31.4 Å². The van der Waals surface area contributed by atoms with Gasteiger partial charge in [0.25, 0.3) is 0 Å². The molecule has 0 aliphatic rings. The molecule has 0 aliphatic carbocycles. The molecule has 3 nitrogen and oxygen atoms in total. The molecule has 0 N–H and O–H groups in total. The Bertz CT molecular complexity index is 142. The maximum atomic E-state index is 10.3. The van der Waals surface area contributed by atoms with Gasteiger partial charge in [0.15, 0.2) is 0 Å². The van der Waals surface area contributed by atoms with Crippen LogP contribution in [0.1, 0.15) is 13.3 Å². The molecule has 0 aromatic heterocycles. The quantitative estimate of drug-likeness (QED) is 0.279. The number of esters is 2. The molecule has 0 amide bonds. The zero-order valence-electron chi connectivity index (χ0n) is 5.52. The average Bonchev–Trinajstić information content (AvgIpc) is 1.87. The van der Waals surface area contributed by atoms with Gasteiger partial charge in [-0.3, -0.25) is 4.79 Å². The number of ether oxygens (including phenoxy) is 1. The second kappa shape index (κ2) is 6.52. The van der Waals surface area contributed by atoms with Crippen LogP contribution in [0.5, 0.6) is 0 Å². The van der Waals surface area contributed by atoms with Crippen LogP contribution in [0.3, 0.4) is 0 Å². The van der Waals surface area contributed by atoms with Crippen LogP contribution < -0.4 is 0 Å². The summed E-state index contributed by atoms with van der Waals surface area (Å²) in [7, 11) is 0. The van der Waals surface area contributed by atoms with Gasteiger partial charge in [-0.2, -0.15) is 0 Å². The summed E-state index contributed by atoms with van der Waals surface area (Å²) >= 11 is 0. The summed E-state index contributed by atoms with van der Waals surface area (Å²) in [5, 5.41) is 0. The molecule has 1 radical (unpaired) electrons. The van der Waals surface area contributed by atoms with E-state index in [-0.39, 0.29) is 23.5 Å². The number of carbonyl (C=O) groups is 2. The fraction of sp³-hybridized carbons (Fsp3) is 0.333. The van der Waals surface area contributed by atoms with Crippen molar-refractivity contribution in [1.82, 2.24) is 0 Å². The summed E-state index contributed by atoms with van der Waals surface area (Å²) in [6.07, 6.45) is 1.16. The van der Waals surface area contributed by atoms with Gasteiger partial charge < -0.3 is 4.74 Å². The zero-order valence-corrected chi connectivity index (χ0v) is 6.46. The van der Waals surface area contributed by atoms with Crippen LogP contribution in [0.25, 0.3) is 0 Å². The van der Waals surface area contributed by atoms with Crippen molar-refractivity contribution in [2.45, 2.75) is 13.3 Å². The third-order valence-corrected chi connectivity index (χ3v) is 0.670. The number of hydrogen-bond donors (Lipinski definition) is 0. The number of hydrogen-bond acceptors (Lipinski definition) is 3. The third-order valence-electron chi connectivity index (χ3n) is 0.670. The molecule has 0 saturated carbocycles. The van der Waals surface area contributed by atoms with Gasteiger partial charge in [-0.15, -0.1) is 0 Å². The van der Waals surface area contributed by atoms with Gasteiger partial charge in [-0.1, -0.05) is 13.5 Å². The largest absolute Gasteiger partial charge is 0.390 e. The standard InChI is InChI=1S/C6H8O3.Cu/c1-3-5(7)9-6(8)4-2;/h3H,1,4H2,2H3;. The SMILES string of the molecule is C=CC(=O)OC(=O)CC.[Cu]. The predicted molar refractivity (Wildman–Crippen MR) is 31.6 cm³/mol. The molecule has 0 fully saturated rings. The minimum Gasteiger partial charge on any atom is -0.390 e. The van der Waals surface area contributed by atoms with Crippen LogP contribution in [0.4, 0.5) is 0 Å². The van der Waals surface area contributed by atoms with Crippen molar-refractivity contribution in [2.24, 2.45) is 0 Å². The Morgan fingerprint density at radius 2 is 2.10 bits per heavy atom. The van der Waals surface area contributed by atoms with Gasteiger partial charge in [-0.05, 0) is 0 Å². The first kappa shape index (κ1) is 12.1. The van der Waals surface area contributed by atoms with E-state index in [1.165, 1.54) is 0 Å². The Hall–Kier alpha value is -0.601. The van der Waals surface area contributed by atoms with Crippen molar-refractivity contribution < 1.29 is 31.4 Å². The number of rotatable bonds is 2. The van der Waals surface area contributed by atoms with E-state index in [9.17, 15) is 9.59 Å². The summed E-state index contributed by atoms with van der Waals surface area (Å²) in [5.74, 6) is -1.22. The molecular formula is C6H8CuO3. The first-order valence-corrected chi connectivity index (χ1v) is 2.57. The summed E-state index contributed by atoms with van der Waals surface area (Å²) < 4.78 is 4.15. The third kappa shape index (κ3) is 5.53. The minimum atomic E-state index is -0.693. The molecule has 0 aromatic rings. The van der Waals surface area contributed by atoms with Gasteiger partial charge in [-0.25, -0.2) is 4.79 Å². The maximum Gasteiger partial charge on any atom is 0.337 e. The van der Waals surface area contributed by atoms with Crippen molar-refractivity contribution >= 4 is 11.9 Å². The van der Waals surface area contributed by atoms with E-state index >= 15 is 0 Å². The molecule has 0 aromatic carbocycles. The summed E-state index contributed by atoms with van der Waals surface area (Å²) in [6.45, 7) is 4.73. The Morgan fingerprint density at radius 3 is 2.40 bits per heavy atom. The fourth-order valence-corrected chi connectivity index (χ4v) is 0.226. The number of carbonyl (C=O) groups excluding carboxylic acids is 2. The van der Waals surface area contributed by atoms with E-state index in [2.05, 4.69) is 11.3 Å². The summed E-state index contributed by atoms with van der Waals surface area (Å²) in [5.41, 5.74) is 0. The average molecular weight is 192 g/mol. The fourth-order valence-electron chi connectivity index (χ4n) is 0.226. The second-order valence-electron chi connectivity index (χ2n) is 1.35.